The molecule has 2 aromatic carbocycles. The number of ether oxygens (including phenoxy) is 1. The molecular weight excluding hydrogens is 511 g/mol. The summed E-state index contributed by atoms with van der Waals surface area (Å²) in [5.74, 6) is -0.939. The van der Waals surface area contributed by atoms with Crippen molar-refractivity contribution in [2.75, 3.05) is 12.3 Å². The highest BCUT2D eigenvalue weighted by atomic mass is 19.3. The second-order valence-electron chi connectivity index (χ2n) is 9.96. The Morgan fingerprint density at radius 3 is 2.79 bits per heavy atom. The summed E-state index contributed by atoms with van der Waals surface area (Å²) < 4.78 is 49.9. The van der Waals surface area contributed by atoms with Crippen molar-refractivity contribution in [1.82, 2.24) is 29.0 Å². The molecular formula is C27H22F3N7O2. The molecule has 1 aliphatic carbocycles. The Morgan fingerprint density at radius 1 is 1.15 bits per heavy atom. The number of rotatable bonds is 3. The van der Waals surface area contributed by atoms with E-state index < -0.39 is 24.3 Å². The Labute approximate surface area is 219 Å². The second-order valence-corrected chi connectivity index (χ2v) is 9.96. The van der Waals surface area contributed by atoms with Gasteiger partial charge in [-0.15, -0.1) is 0 Å². The van der Waals surface area contributed by atoms with Gasteiger partial charge < -0.3 is 15.4 Å². The number of aromatic nitrogens is 5. The molecule has 0 saturated carbocycles. The Morgan fingerprint density at radius 2 is 2.00 bits per heavy atom. The van der Waals surface area contributed by atoms with E-state index in [4.69, 9.17) is 10.5 Å². The molecule has 0 radical (unpaired) electrons. The van der Waals surface area contributed by atoms with Crippen LogP contribution in [0.1, 0.15) is 41.0 Å². The minimum absolute atomic E-state index is 0.0820. The van der Waals surface area contributed by atoms with Gasteiger partial charge in [-0.05, 0) is 29.7 Å². The molecule has 39 heavy (non-hydrogen) atoms. The van der Waals surface area contributed by atoms with Crippen LogP contribution in [0.5, 0.6) is 0 Å². The van der Waals surface area contributed by atoms with Crippen molar-refractivity contribution in [3.8, 4) is 11.1 Å². The lowest BCUT2D eigenvalue weighted by atomic mass is 9.99. The molecule has 3 atom stereocenters. The van der Waals surface area contributed by atoms with Crippen LogP contribution in [0.25, 0.3) is 27.7 Å². The summed E-state index contributed by atoms with van der Waals surface area (Å²) >= 11 is 0. The number of anilines is 1. The zero-order valence-electron chi connectivity index (χ0n) is 20.6. The number of alkyl halides is 2. The third-order valence-electron chi connectivity index (χ3n) is 7.52. The number of carbonyl (C=O) groups is 1. The minimum atomic E-state index is -2.72. The van der Waals surface area contributed by atoms with Gasteiger partial charge in [0.2, 0.25) is 0 Å². The smallest absolute Gasteiger partial charge is 0.333 e. The van der Waals surface area contributed by atoms with Crippen LogP contribution in [-0.2, 0) is 11.2 Å². The van der Waals surface area contributed by atoms with E-state index in [1.54, 1.807) is 21.8 Å². The van der Waals surface area contributed by atoms with E-state index in [9.17, 15) is 13.6 Å². The lowest BCUT2D eigenvalue weighted by Crippen LogP contribution is -2.50. The monoisotopic (exact) mass is 533 g/mol. The van der Waals surface area contributed by atoms with Gasteiger partial charge >= 0.3 is 6.55 Å². The van der Waals surface area contributed by atoms with Crippen molar-refractivity contribution in [3.63, 3.8) is 0 Å². The molecule has 5 aromatic rings. The lowest BCUT2D eigenvalue weighted by Gasteiger charge is -2.41. The standard InChI is InChI=1S/C27H22F3N7O2/c1-13-10-35(26(38)18-6-21-20(7-19(18)28)34-25(31)22-9-32-12-36(21)22)24-17-3-2-14(4-15(17)5-23(24)39-13)16-8-33-37(11-16)27(29)30/h2-4,6-9,11-13,23-24,27H,5,10H2,1H3,(H2,31,34)/t13-,23+,24-/m0/s1. The molecule has 3 aromatic heterocycles. The molecule has 9 nitrogen and oxygen atoms in total. The third-order valence-corrected chi connectivity index (χ3v) is 7.52. The number of nitrogens with two attached hydrogens (primary N) is 1. The number of imidazole rings is 1. The number of hydrogen-bond donors (Lipinski definition) is 1. The predicted octanol–water partition coefficient (Wildman–Crippen LogP) is 4.39. The maximum Gasteiger partial charge on any atom is 0.333 e. The first kappa shape index (κ1) is 23.7. The molecule has 1 amide bonds. The highest BCUT2D eigenvalue weighted by Gasteiger charge is 2.44. The average Bonchev–Trinajstić information content (AvgIpc) is 3.65. The van der Waals surface area contributed by atoms with Gasteiger partial charge in [0.05, 0.1) is 53.6 Å². The zero-order valence-corrected chi connectivity index (χ0v) is 20.6. The van der Waals surface area contributed by atoms with Gasteiger partial charge in [0.15, 0.2) is 0 Å². The number of carbonyl (C=O) groups excluding carboxylic acids is 1. The molecule has 7 rings (SSSR count). The summed E-state index contributed by atoms with van der Waals surface area (Å²) in [5.41, 5.74) is 10.4. The lowest BCUT2D eigenvalue weighted by molar-refractivity contribution is -0.0938. The van der Waals surface area contributed by atoms with Gasteiger partial charge in [-0.25, -0.2) is 19.0 Å². The number of nitrogens with zero attached hydrogens (tertiary/aromatic N) is 6. The summed E-state index contributed by atoms with van der Waals surface area (Å²) in [5, 5.41) is 3.72. The molecule has 0 spiro atoms. The van der Waals surface area contributed by atoms with Gasteiger partial charge in [0.25, 0.3) is 5.91 Å². The number of nitrogen functional groups attached to an aromatic ring is 1. The molecule has 1 aliphatic heterocycles. The maximum atomic E-state index is 15.4. The first-order chi connectivity index (χ1) is 18.8. The van der Waals surface area contributed by atoms with Crippen molar-refractivity contribution in [2.45, 2.75) is 38.1 Å². The Balaban J connectivity index is 1.28. The van der Waals surface area contributed by atoms with E-state index in [0.29, 0.717) is 33.2 Å². The summed E-state index contributed by atoms with van der Waals surface area (Å²) in [6, 6.07) is 7.90. The highest BCUT2D eigenvalue weighted by molar-refractivity contribution is 5.99. The number of fused-ring (bicyclic) bond motifs is 6. The fourth-order valence-corrected chi connectivity index (χ4v) is 5.82. The molecule has 1 fully saturated rings. The van der Waals surface area contributed by atoms with Gasteiger partial charge in [0, 0.05) is 30.8 Å². The van der Waals surface area contributed by atoms with Crippen molar-refractivity contribution in [3.05, 3.63) is 77.8 Å². The van der Waals surface area contributed by atoms with Crippen LogP contribution in [0, 0.1) is 5.82 Å². The number of hydrogen-bond acceptors (Lipinski definition) is 6. The van der Waals surface area contributed by atoms with Crippen molar-refractivity contribution >= 4 is 28.3 Å². The van der Waals surface area contributed by atoms with Crippen molar-refractivity contribution < 1.29 is 22.7 Å². The third kappa shape index (κ3) is 3.66. The fraction of sp³-hybridized carbons (Fsp3) is 0.259. The molecule has 2 N–H and O–H groups in total. The van der Waals surface area contributed by atoms with Crippen molar-refractivity contribution in [1.29, 1.82) is 0 Å². The van der Waals surface area contributed by atoms with E-state index in [2.05, 4.69) is 15.1 Å². The summed E-state index contributed by atoms with van der Waals surface area (Å²) in [6.45, 7) is -0.568. The highest BCUT2D eigenvalue weighted by Crippen LogP contribution is 2.43. The maximum absolute atomic E-state index is 15.4. The topological polar surface area (TPSA) is 104 Å². The molecule has 198 valence electrons. The van der Waals surface area contributed by atoms with Crippen LogP contribution in [0.4, 0.5) is 19.0 Å². The van der Waals surface area contributed by atoms with Crippen LogP contribution >= 0.6 is 0 Å². The quantitative estimate of drug-likeness (QED) is 0.369. The Kier molecular flexibility index (Phi) is 5.17. The summed E-state index contributed by atoms with van der Waals surface area (Å²) in [7, 11) is 0. The molecule has 0 bridgehead atoms. The predicted molar refractivity (Wildman–Crippen MR) is 136 cm³/mol. The number of benzene rings is 2. The summed E-state index contributed by atoms with van der Waals surface area (Å²) in [4.78, 5) is 24.0. The number of amides is 1. The SMILES string of the molecule is C[C@H]1CN(C(=O)c2cc3c(cc2F)nc(N)c2cncn23)[C@H]2c3ccc(-c4cnn(C(F)F)c4)cc3C[C@H]2O1. The number of halogens is 3. The van der Waals surface area contributed by atoms with Crippen LogP contribution in [0.3, 0.4) is 0 Å². The van der Waals surface area contributed by atoms with Crippen LogP contribution in [0.2, 0.25) is 0 Å². The van der Waals surface area contributed by atoms with E-state index in [1.165, 1.54) is 24.5 Å². The van der Waals surface area contributed by atoms with Crippen LogP contribution in [-0.4, -0.2) is 53.7 Å². The molecule has 0 unspecified atom stereocenters. The van der Waals surface area contributed by atoms with Gasteiger partial charge in [-0.3, -0.25) is 9.20 Å². The van der Waals surface area contributed by atoms with E-state index in [-0.39, 0.29) is 30.1 Å². The van der Waals surface area contributed by atoms with Gasteiger partial charge in [-0.2, -0.15) is 13.9 Å². The first-order valence-electron chi connectivity index (χ1n) is 12.4. The molecule has 2 aliphatic rings. The first-order valence-corrected chi connectivity index (χ1v) is 12.4. The fourth-order valence-electron chi connectivity index (χ4n) is 5.82. The van der Waals surface area contributed by atoms with E-state index >= 15 is 4.39 Å². The van der Waals surface area contributed by atoms with Crippen molar-refractivity contribution in [2.24, 2.45) is 0 Å². The molecule has 4 heterocycles. The number of morpholine rings is 1. The largest absolute Gasteiger partial charge is 0.382 e. The molecule has 12 heteroatoms. The summed E-state index contributed by atoms with van der Waals surface area (Å²) in [6.07, 6.45) is 5.74. The average molecular weight is 534 g/mol. The zero-order chi connectivity index (χ0) is 27.0. The van der Waals surface area contributed by atoms with Gasteiger partial charge in [-0.1, -0.05) is 18.2 Å². The van der Waals surface area contributed by atoms with Crippen LogP contribution < -0.4 is 5.73 Å². The normalized spacial score (nSPS) is 20.6. The minimum Gasteiger partial charge on any atom is -0.382 e. The second kappa shape index (κ2) is 8.53. The van der Waals surface area contributed by atoms with E-state index in [1.807, 2.05) is 25.1 Å². The van der Waals surface area contributed by atoms with Gasteiger partial charge in [0.1, 0.15) is 17.2 Å². The Bertz CT molecular complexity index is 1780. The Hall–Kier alpha value is -4.45. The molecule has 1 saturated heterocycles. The van der Waals surface area contributed by atoms with E-state index in [0.717, 1.165) is 16.7 Å². The van der Waals surface area contributed by atoms with Crippen LogP contribution in [0.15, 0.2) is 55.2 Å².